The van der Waals surface area contributed by atoms with Crippen LogP contribution in [0.25, 0.3) is 0 Å². The maximum Gasteiger partial charge on any atom is 0.211 e. The quantitative estimate of drug-likeness (QED) is 0.817. The SMILES string of the molecule is CC(C)N1CC[C@@H](C(N)c2ncco2)C1. The Bertz CT molecular complexity index is 297. The van der Waals surface area contributed by atoms with Crippen LogP contribution in [0.2, 0.25) is 0 Å². The van der Waals surface area contributed by atoms with Gasteiger partial charge >= 0.3 is 0 Å². The Balaban J connectivity index is 1.96. The van der Waals surface area contributed by atoms with Crippen LogP contribution in [0.1, 0.15) is 32.2 Å². The maximum absolute atomic E-state index is 6.12. The number of rotatable bonds is 3. The van der Waals surface area contributed by atoms with Crippen molar-refractivity contribution in [1.82, 2.24) is 9.88 Å². The van der Waals surface area contributed by atoms with Gasteiger partial charge in [-0.1, -0.05) is 0 Å². The molecule has 1 fully saturated rings. The molecular weight excluding hydrogens is 190 g/mol. The van der Waals surface area contributed by atoms with Gasteiger partial charge in [-0.3, -0.25) is 0 Å². The van der Waals surface area contributed by atoms with Crippen LogP contribution in [0.3, 0.4) is 0 Å². The lowest BCUT2D eigenvalue weighted by Gasteiger charge is -2.21. The van der Waals surface area contributed by atoms with E-state index in [2.05, 4.69) is 23.7 Å². The third kappa shape index (κ3) is 2.21. The van der Waals surface area contributed by atoms with Crippen molar-refractivity contribution >= 4 is 0 Å². The number of hydrogen-bond donors (Lipinski definition) is 1. The lowest BCUT2D eigenvalue weighted by Crippen LogP contribution is -2.30. The van der Waals surface area contributed by atoms with Crippen molar-refractivity contribution in [3.05, 3.63) is 18.4 Å². The predicted octanol–water partition coefficient (Wildman–Crippen LogP) is 1.40. The van der Waals surface area contributed by atoms with E-state index in [1.165, 1.54) is 0 Å². The van der Waals surface area contributed by atoms with Crippen LogP contribution in [0.4, 0.5) is 0 Å². The second-order valence-electron chi connectivity index (χ2n) is 4.53. The number of hydrogen-bond acceptors (Lipinski definition) is 4. The van der Waals surface area contributed by atoms with Crippen LogP contribution in [0.15, 0.2) is 16.9 Å². The summed E-state index contributed by atoms with van der Waals surface area (Å²) in [4.78, 5) is 6.57. The van der Waals surface area contributed by atoms with E-state index >= 15 is 0 Å². The number of nitrogens with zero attached hydrogens (tertiary/aromatic N) is 2. The minimum atomic E-state index is -0.0521. The molecule has 4 nitrogen and oxygen atoms in total. The number of nitrogens with two attached hydrogens (primary N) is 1. The van der Waals surface area contributed by atoms with Crippen molar-refractivity contribution in [3.8, 4) is 0 Å². The molecule has 2 atom stereocenters. The van der Waals surface area contributed by atoms with E-state index < -0.39 is 0 Å². The van der Waals surface area contributed by atoms with Crippen LogP contribution in [-0.4, -0.2) is 29.0 Å². The minimum absolute atomic E-state index is 0.0521. The fourth-order valence-electron chi connectivity index (χ4n) is 2.18. The fraction of sp³-hybridized carbons (Fsp3) is 0.727. The van der Waals surface area contributed by atoms with E-state index in [4.69, 9.17) is 10.2 Å². The van der Waals surface area contributed by atoms with Gasteiger partial charge in [0.1, 0.15) is 6.26 Å². The van der Waals surface area contributed by atoms with Crippen LogP contribution >= 0.6 is 0 Å². The molecule has 0 spiro atoms. The first-order valence-electron chi connectivity index (χ1n) is 5.57. The van der Waals surface area contributed by atoms with Gasteiger partial charge in [0.25, 0.3) is 0 Å². The zero-order valence-electron chi connectivity index (χ0n) is 9.39. The van der Waals surface area contributed by atoms with Crippen LogP contribution in [0, 0.1) is 5.92 Å². The maximum atomic E-state index is 6.12. The molecule has 1 aromatic heterocycles. The Morgan fingerprint density at radius 1 is 1.60 bits per heavy atom. The number of likely N-dealkylation sites (tertiary alicyclic amines) is 1. The summed E-state index contributed by atoms with van der Waals surface area (Å²) in [6.45, 7) is 6.63. The summed E-state index contributed by atoms with van der Waals surface area (Å²) in [7, 11) is 0. The van der Waals surface area contributed by atoms with E-state index in [-0.39, 0.29) is 6.04 Å². The molecule has 0 saturated carbocycles. The van der Waals surface area contributed by atoms with Crippen molar-refractivity contribution in [2.45, 2.75) is 32.4 Å². The molecule has 1 saturated heterocycles. The van der Waals surface area contributed by atoms with Gasteiger partial charge in [0, 0.05) is 12.6 Å². The molecule has 1 aliphatic rings. The first-order chi connectivity index (χ1) is 7.18. The van der Waals surface area contributed by atoms with Crippen molar-refractivity contribution < 1.29 is 4.42 Å². The van der Waals surface area contributed by atoms with E-state index in [0.29, 0.717) is 17.9 Å². The Labute approximate surface area is 90.5 Å². The average Bonchev–Trinajstić information content (AvgIpc) is 2.88. The summed E-state index contributed by atoms with van der Waals surface area (Å²) in [5, 5.41) is 0. The number of aromatic nitrogens is 1. The first-order valence-corrected chi connectivity index (χ1v) is 5.57. The fourth-order valence-corrected chi connectivity index (χ4v) is 2.18. The van der Waals surface area contributed by atoms with E-state index in [1.807, 2.05) is 0 Å². The monoisotopic (exact) mass is 209 g/mol. The van der Waals surface area contributed by atoms with E-state index in [9.17, 15) is 0 Å². The molecule has 2 rings (SSSR count). The minimum Gasteiger partial charge on any atom is -0.447 e. The molecule has 0 aliphatic carbocycles. The second kappa shape index (κ2) is 4.33. The summed E-state index contributed by atoms with van der Waals surface area (Å²) in [6, 6.07) is 0.551. The molecule has 2 N–H and O–H groups in total. The number of oxazole rings is 1. The molecule has 0 aromatic carbocycles. The summed E-state index contributed by atoms with van der Waals surface area (Å²) >= 11 is 0. The van der Waals surface area contributed by atoms with Crippen LogP contribution in [0.5, 0.6) is 0 Å². The van der Waals surface area contributed by atoms with Crippen molar-refractivity contribution in [3.63, 3.8) is 0 Å². The van der Waals surface area contributed by atoms with Gasteiger partial charge in [-0.2, -0.15) is 0 Å². The molecule has 2 heterocycles. The highest BCUT2D eigenvalue weighted by molar-refractivity contribution is 4.95. The van der Waals surface area contributed by atoms with Gasteiger partial charge in [0.15, 0.2) is 0 Å². The molecule has 1 aromatic rings. The summed E-state index contributed by atoms with van der Waals surface area (Å²) in [6.07, 6.45) is 4.39. The first kappa shape index (κ1) is 10.6. The third-order valence-corrected chi connectivity index (χ3v) is 3.23. The van der Waals surface area contributed by atoms with Crippen molar-refractivity contribution in [1.29, 1.82) is 0 Å². The highest BCUT2D eigenvalue weighted by atomic mass is 16.3. The Kier molecular flexibility index (Phi) is 3.07. The smallest absolute Gasteiger partial charge is 0.211 e. The van der Waals surface area contributed by atoms with Crippen molar-refractivity contribution in [2.24, 2.45) is 11.7 Å². The Morgan fingerprint density at radius 2 is 2.40 bits per heavy atom. The molecule has 4 heteroatoms. The Morgan fingerprint density at radius 3 is 2.93 bits per heavy atom. The lowest BCUT2D eigenvalue weighted by atomic mass is 10.00. The van der Waals surface area contributed by atoms with Crippen molar-refractivity contribution in [2.75, 3.05) is 13.1 Å². The molecule has 0 amide bonds. The highest BCUT2D eigenvalue weighted by Gasteiger charge is 2.31. The van der Waals surface area contributed by atoms with E-state index in [1.54, 1.807) is 12.5 Å². The summed E-state index contributed by atoms with van der Waals surface area (Å²) in [5.41, 5.74) is 6.12. The average molecular weight is 209 g/mol. The molecule has 15 heavy (non-hydrogen) atoms. The largest absolute Gasteiger partial charge is 0.447 e. The summed E-state index contributed by atoms with van der Waals surface area (Å²) < 4.78 is 5.25. The van der Waals surface area contributed by atoms with E-state index in [0.717, 1.165) is 19.5 Å². The third-order valence-electron chi connectivity index (χ3n) is 3.23. The lowest BCUT2D eigenvalue weighted by molar-refractivity contribution is 0.253. The van der Waals surface area contributed by atoms with Crippen LogP contribution in [-0.2, 0) is 0 Å². The Hall–Kier alpha value is -0.870. The van der Waals surface area contributed by atoms with Gasteiger partial charge in [0.05, 0.1) is 12.2 Å². The van der Waals surface area contributed by atoms with Crippen LogP contribution < -0.4 is 5.73 Å². The molecule has 0 bridgehead atoms. The molecule has 1 unspecified atom stereocenters. The van der Waals surface area contributed by atoms with Gasteiger partial charge in [0.2, 0.25) is 5.89 Å². The zero-order valence-corrected chi connectivity index (χ0v) is 9.39. The van der Waals surface area contributed by atoms with Gasteiger partial charge in [-0.05, 0) is 32.7 Å². The molecule has 1 aliphatic heterocycles. The predicted molar refractivity (Wildman–Crippen MR) is 58.2 cm³/mol. The highest BCUT2D eigenvalue weighted by Crippen LogP contribution is 2.28. The normalized spacial score (nSPS) is 24.9. The molecule has 84 valence electrons. The topological polar surface area (TPSA) is 55.3 Å². The molecule has 0 radical (unpaired) electrons. The van der Waals surface area contributed by atoms with Gasteiger partial charge in [-0.15, -0.1) is 0 Å². The molecular formula is C11H19N3O. The standard InChI is InChI=1S/C11H19N3O/c1-8(2)14-5-3-9(7-14)10(12)11-13-4-6-15-11/h4,6,8-10H,3,5,7,12H2,1-2H3/t9-,10?/m1/s1. The zero-order chi connectivity index (χ0) is 10.8. The van der Waals surface area contributed by atoms with Gasteiger partial charge in [-0.25, -0.2) is 4.98 Å². The van der Waals surface area contributed by atoms with Gasteiger partial charge < -0.3 is 15.1 Å². The second-order valence-corrected chi connectivity index (χ2v) is 4.53. The summed E-state index contributed by atoms with van der Waals surface area (Å²) in [5.74, 6) is 1.15.